The van der Waals surface area contributed by atoms with Crippen LogP contribution in [0, 0.1) is 0 Å². The summed E-state index contributed by atoms with van der Waals surface area (Å²) >= 11 is 0. The van der Waals surface area contributed by atoms with Crippen molar-refractivity contribution in [2.45, 2.75) is 0 Å². The van der Waals surface area contributed by atoms with Crippen LogP contribution in [0.2, 0.25) is 0 Å². The smallest absolute Gasteiger partial charge is 0.0547 e. The van der Waals surface area contributed by atoms with Crippen molar-refractivity contribution in [3.63, 3.8) is 0 Å². The van der Waals surface area contributed by atoms with Crippen molar-refractivity contribution >= 4 is 114 Å². The molecule has 1 heterocycles. The zero-order chi connectivity index (χ0) is 41.9. The fourth-order valence-corrected chi connectivity index (χ4v) is 11.2. The van der Waals surface area contributed by atoms with E-state index in [0.29, 0.717) is 0 Å². The number of benzene rings is 12. The van der Waals surface area contributed by atoms with Gasteiger partial charge in [-0.25, -0.2) is 0 Å². The fraction of sp³-hybridized carbons (Fsp3) is 0. The predicted molar refractivity (Wildman–Crippen MR) is 275 cm³/mol. The molecule has 0 bridgehead atoms. The van der Waals surface area contributed by atoms with Gasteiger partial charge in [-0.3, -0.25) is 0 Å². The van der Waals surface area contributed by atoms with E-state index in [-0.39, 0.29) is 0 Å². The third-order valence-corrected chi connectivity index (χ3v) is 13.8. The van der Waals surface area contributed by atoms with Crippen LogP contribution in [-0.2, 0) is 0 Å². The molecule has 0 atom stereocenters. The SMILES string of the molecule is c1ccc(-n2c3ccccc3c3c(-c4cccc(N(c5cc6ccc7cccc8c9cccc%10ccc%11cccc(c(c5)c6c78)c%11c%109)c5cccc6ccccc56)c4)cccc32)cc1. The maximum absolute atomic E-state index is 2.50. The number of aromatic nitrogens is 1. The summed E-state index contributed by atoms with van der Waals surface area (Å²) in [5.41, 5.74) is 9.28. The van der Waals surface area contributed by atoms with Crippen molar-refractivity contribution in [2.24, 2.45) is 0 Å². The van der Waals surface area contributed by atoms with Crippen LogP contribution < -0.4 is 4.90 Å². The highest BCUT2D eigenvalue weighted by Gasteiger charge is 2.22. The molecular formula is C62H38N2. The minimum atomic E-state index is 1.10. The molecule has 14 aromatic rings. The van der Waals surface area contributed by atoms with Gasteiger partial charge in [-0.15, -0.1) is 0 Å². The van der Waals surface area contributed by atoms with E-state index in [0.717, 1.165) is 22.7 Å². The minimum Gasteiger partial charge on any atom is -0.310 e. The van der Waals surface area contributed by atoms with Crippen molar-refractivity contribution in [1.29, 1.82) is 0 Å². The molecule has 0 amide bonds. The number of para-hydroxylation sites is 2. The van der Waals surface area contributed by atoms with E-state index >= 15 is 0 Å². The maximum atomic E-state index is 2.50. The monoisotopic (exact) mass is 810 g/mol. The zero-order valence-electron chi connectivity index (χ0n) is 34.8. The molecule has 296 valence electrons. The first kappa shape index (κ1) is 35.2. The second-order valence-electron chi connectivity index (χ2n) is 17.2. The highest BCUT2D eigenvalue weighted by Crippen LogP contribution is 2.48. The van der Waals surface area contributed by atoms with Crippen LogP contribution in [0.3, 0.4) is 0 Å². The third kappa shape index (κ3) is 5.02. The Morgan fingerprint density at radius 1 is 0.281 bits per heavy atom. The fourth-order valence-electron chi connectivity index (χ4n) is 11.2. The van der Waals surface area contributed by atoms with E-state index in [4.69, 9.17) is 0 Å². The van der Waals surface area contributed by atoms with Gasteiger partial charge in [0.1, 0.15) is 0 Å². The molecule has 13 aromatic carbocycles. The summed E-state index contributed by atoms with van der Waals surface area (Å²) in [7, 11) is 0. The van der Waals surface area contributed by atoms with Gasteiger partial charge in [0.05, 0.1) is 16.7 Å². The van der Waals surface area contributed by atoms with Crippen LogP contribution >= 0.6 is 0 Å². The summed E-state index contributed by atoms with van der Waals surface area (Å²) in [4.78, 5) is 2.50. The Balaban J connectivity index is 1.09. The molecule has 64 heavy (non-hydrogen) atoms. The normalized spacial score (nSPS) is 12.1. The van der Waals surface area contributed by atoms with E-state index in [2.05, 4.69) is 240 Å². The number of rotatable bonds is 5. The van der Waals surface area contributed by atoms with Crippen molar-refractivity contribution in [1.82, 2.24) is 4.57 Å². The van der Waals surface area contributed by atoms with Gasteiger partial charge < -0.3 is 9.47 Å². The molecule has 0 fully saturated rings. The van der Waals surface area contributed by atoms with Gasteiger partial charge in [-0.1, -0.05) is 176 Å². The summed E-state index contributed by atoms with van der Waals surface area (Å²) in [5.74, 6) is 0. The molecule has 0 spiro atoms. The summed E-state index contributed by atoms with van der Waals surface area (Å²) in [6.45, 7) is 0. The van der Waals surface area contributed by atoms with Crippen LogP contribution in [0.5, 0.6) is 0 Å². The highest BCUT2D eigenvalue weighted by molar-refractivity contribution is 6.37. The summed E-state index contributed by atoms with van der Waals surface area (Å²) in [6.07, 6.45) is 0. The standard InChI is InChI=1S/C62H38N2/c1-2-20-45(21-3-1)64-56-29-7-6-24-53(56)62-49(25-13-31-57(62)64)43-19-8-22-46(36-43)63(55-30-12-15-39-14-4-5-23-48(39)55)47-37-44-35-34-42-17-10-27-51-50-26-9-16-40-32-33-41-18-11-28-52(60(41)58(40)50)54(38-47)61(44)59(42)51/h1-38H. The van der Waals surface area contributed by atoms with Crippen LogP contribution in [-0.4, -0.2) is 4.57 Å². The van der Waals surface area contributed by atoms with E-state index in [1.165, 1.54) is 108 Å². The molecule has 2 nitrogen and oxygen atoms in total. The second-order valence-corrected chi connectivity index (χ2v) is 17.2. The Morgan fingerprint density at radius 2 is 0.812 bits per heavy atom. The number of hydrogen-bond donors (Lipinski definition) is 0. The average molecular weight is 811 g/mol. The largest absolute Gasteiger partial charge is 0.310 e. The first-order chi connectivity index (χ1) is 31.8. The van der Waals surface area contributed by atoms with Gasteiger partial charge in [0, 0.05) is 33.2 Å². The number of fused-ring (bicyclic) bond motifs is 6. The number of nitrogens with zero attached hydrogens (tertiary/aromatic N) is 2. The number of anilines is 3. The molecule has 14 rings (SSSR count). The molecule has 0 unspecified atom stereocenters. The predicted octanol–water partition coefficient (Wildman–Crippen LogP) is 17.4. The van der Waals surface area contributed by atoms with Crippen LogP contribution in [0.25, 0.3) is 114 Å². The molecular weight excluding hydrogens is 773 g/mol. The molecule has 0 saturated heterocycles. The van der Waals surface area contributed by atoms with Crippen molar-refractivity contribution in [3.8, 4) is 16.8 Å². The summed E-state index contributed by atoms with van der Waals surface area (Å²) in [5, 5.41) is 20.2. The van der Waals surface area contributed by atoms with Gasteiger partial charge in [-0.2, -0.15) is 0 Å². The van der Waals surface area contributed by atoms with Crippen LogP contribution in [0.1, 0.15) is 0 Å². The lowest BCUT2D eigenvalue weighted by molar-refractivity contribution is 1.18. The molecule has 2 heteroatoms. The first-order valence-corrected chi connectivity index (χ1v) is 22.2. The highest BCUT2D eigenvalue weighted by atomic mass is 15.1. The van der Waals surface area contributed by atoms with Gasteiger partial charge >= 0.3 is 0 Å². The Morgan fingerprint density at radius 3 is 1.56 bits per heavy atom. The van der Waals surface area contributed by atoms with Crippen molar-refractivity contribution in [3.05, 3.63) is 231 Å². The number of hydrogen-bond acceptors (Lipinski definition) is 1. The van der Waals surface area contributed by atoms with E-state index in [1.807, 2.05) is 0 Å². The van der Waals surface area contributed by atoms with E-state index in [1.54, 1.807) is 0 Å². The molecule has 0 saturated carbocycles. The average Bonchev–Trinajstić information content (AvgIpc) is 3.70. The lowest BCUT2D eigenvalue weighted by atomic mass is 9.87. The molecule has 0 aliphatic carbocycles. The van der Waals surface area contributed by atoms with Gasteiger partial charge in [0.25, 0.3) is 0 Å². The van der Waals surface area contributed by atoms with Gasteiger partial charge in [0.2, 0.25) is 0 Å². The Kier molecular flexibility index (Phi) is 7.43. The van der Waals surface area contributed by atoms with Crippen LogP contribution in [0.15, 0.2) is 231 Å². The Hall–Kier alpha value is -8.46. The second kappa shape index (κ2) is 13.5. The van der Waals surface area contributed by atoms with Crippen molar-refractivity contribution < 1.29 is 0 Å². The third-order valence-electron chi connectivity index (χ3n) is 13.8. The Labute approximate surface area is 369 Å². The topological polar surface area (TPSA) is 8.17 Å². The lowest BCUT2D eigenvalue weighted by Gasteiger charge is -2.28. The molecule has 0 aliphatic rings. The molecule has 0 radical (unpaired) electrons. The van der Waals surface area contributed by atoms with Crippen LogP contribution in [0.4, 0.5) is 17.1 Å². The molecule has 1 aromatic heterocycles. The zero-order valence-corrected chi connectivity index (χ0v) is 34.8. The lowest BCUT2D eigenvalue weighted by Crippen LogP contribution is -2.11. The molecule has 0 N–H and O–H groups in total. The first-order valence-electron chi connectivity index (χ1n) is 22.2. The molecule has 0 aliphatic heterocycles. The maximum Gasteiger partial charge on any atom is 0.0547 e. The van der Waals surface area contributed by atoms with Crippen molar-refractivity contribution in [2.75, 3.05) is 4.90 Å². The Bertz CT molecular complexity index is 4190. The summed E-state index contributed by atoms with van der Waals surface area (Å²) in [6, 6.07) is 85.6. The minimum absolute atomic E-state index is 1.10. The van der Waals surface area contributed by atoms with Gasteiger partial charge in [-0.05, 0) is 136 Å². The summed E-state index contributed by atoms with van der Waals surface area (Å²) < 4.78 is 2.40. The van der Waals surface area contributed by atoms with E-state index < -0.39 is 0 Å². The quantitative estimate of drug-likeness (QED) is 0.157. The van der Waals surface area contributed by atoms with Gasteiger partial charge in [0.15, 0.2) is 0 Å². The van der Waals surface area contributed by atoms with E-state index in [9.17, 15) is 0 Å².